The van der Waals surface area contributed by atoms with Crippen molar-refractivity contribution in [3.05, 3.63) is 64.8 Å². The van der Waals surface area contributed by atoms with Crippen LogP contribution in [0.2, 0.25) is 0 Å². The molecule has 0 spiro atoms. The average molecular weight is 435 g/mol. The number of sulfone groups is 1. The van der Waals surface area contributed by atoms with Gasteiger partial charge in [0.15, 0.2) is 9.84 Å². The minimum atomic E-state index is -4.98. The molecule has 0 bridgehead atoms. The summed E-state index contributed by atoms with van der Waals surface area (Å²) in [4.78, 5) is 10.9. The molecule has 3 aromatic rings. The SMILES string of the molecule is CS(=O)(=O)c1c(F)cc(-c2coc(=O)n2-c2cccc(OC(F)(F)F)c2)cc1F. The molecule has 0 saturated carbocycles. The van der Waals surface area contributed by atoms with Crippen LogP contribution in [0, 0.1) is 11.6 Å². The lowest BCUT2D eigenvalue weighted by Gasteiger charge is -2.12. The summed E-state index contributed by atoms with van der Waals surface area (Å²) in [5.74, 6) is -4.51. The van der Waals surface area contributed by atoms with Gasteiger partial charge in [-0.1, -0.05) is 6.07 Å². The molecule has 154 valence electrons. The first-order chi connectivity index (χ1) is 13.4. The molecule has 0 aliphatic heterocycles. The molecular formula is C17H10F5NO5S. The summed E-state index contributed by atoms with van der Waals surface area (Å²) in [6.45, 7) is 0. The Hall–Kier alpha value is -3.15. The van der Waals surface area contributed by atoms with Gasteiger partial charge >= 0.3 is 12.1 Å². The number of hydrogen-bond acceptors (Lipinski definition) is 5. The fourth-order valence-electron chi connectivity index (χ4n) is 2.63. The molecule has 0 unspecified atom stereocenters. The number of hydrogen-bond donors (Lipinski definition) is 0. The van der Waals surface area contributed by atoms with Crippen molar-refractivity contribution in [1.29, 1.82) is 0 Å². The highest BCUT2D eigenvalue weighted by Crippen LogP contribution is 2.30. The van der Waals surface area contributed by atoms with Crippen molar-refractivity contribution in [2.75, 3.05) is 6.26 Å². The standard InChI is InChI=1S/C17H10F5NO5S/c1-29(25,26)15-12(18)5-9(6-13(15)19)14-8-27-16(24)23(14)10-3-2-4-11(7-10)28-17(20,21)22/h2-8H,1H3. The number of rotatable bonds is 4. The van der Waals surface area contributed by atoms with Gasteiger partial charge in [-0.25, -0.2) is 26.6 Å². The zero-order valence-corrected chi connectivity index (χ0v) is 15.1. The Kier molecular flexibility index (Phi) is 4.99. The van der Waals surface area contributed by atoms with Crippen molar-refractivity contribution in [1.82, 2.24) is 4.57 Å². The summed E-state index contributed by atoms with van der Waals surface area (Å²) in [7, 11) is -4.21. The Morgan fingerprint density at radius 3 is 2.24 bits per heavy atom. The van der Waals surface area contributed by atoms with Gasteiger partial charge in [-0.3, -0.25) is 0 Å². The number of benzene rings is 2. The third-order valence-electron chi connectivity index (χ3n) is 3.67. The third kappa shape index (κ3) is 4.31. The zero-order valence-electron chi connectivity index (χ0n) is 14.3. The number of ether oxygens (including phenoxy) is 1. The molecule has 0 saturated heterocycles. The molecule has 0 amide bonds. The molecule has 1 heterocycles. The van der Waals surface area contributed by atoms with Gasteiger partial charge in [0.25, 0.3) is 0 Å². The van der Waals surface area contributed by atoms with Crippen molar-refractivity contribution < 1.29 is 39.5 Å². The number of nitrogens with zero attached hydrogens (tertiary/aromatic N) is 1. The molecule has 1 aromatic heterocycles. The molecule has 0 atom stereocenters. The first-order valence-corrected chi connectivity index (χ1v) is 9.52. The van der Waals surface area contributed by atoms with E-state index in [2.05, 4.69) is 4.74 Å². The molecule has 2 aromatic carbocycles. The normalized spacial score (nSPS) is 12.2. The van der Waals surface area contributed by atoms with E-state index >= 15 is 0 Å². The fraction of sp³-hybridized carbons (Fsp3) is 0.118. The Morgan fingerprint density at radius 2 is 1.69 bits per heavy atom. The van der Waals surface area contributed by atoms with Gasteiger partial charge in [-0.15, -0.1) is 13.2 Å². The van der Waals surface area contributed by atoms with E-state index in [1.165, 1.54) is 6.07 Å². The lowest BCUT2D eigenvalue weighted by atomic mass is 10.1. The summed E-state index contributed by atoms with van der Waals surface area (Å²) >= 11 is 0. The monoisotopic (exact) mass is 435 g/mol. The smallest absolute Gasteiger partial charge is 0.415 e. The summed E-state index contributed by atoms with van der Waals surface area (Å²) in [5, 5.41) is 0. The van der Waals surface area contributed by atoms with E-state index in [1.807, 2.05) is 0 Å². The largest absolute Gasteiger partial charge is 0.573 e. The molecule has 29 heavy (non-hydrogen) atoms. The Morgan fingerprint density at radius 1 is 1.07 bits per heavy atom. The van der Waals surface area contributed by atoms with E-state index in [0.717, 1.165) is 29.0 Å². The predicted molar refractivity (Wildman–Crippen MR) is 89.4 cm³/mol. The maximum absolute atomic E-state index is 14.2. The van der Waals surface area contributed by atoms with Gasteiger partial charge in [0.2, 0.25) is 0 Å². The summed E-state index contributed by atoms with van der Waals surface area (Å²) in [6, 6.07) is 5.58. The van der Waals surface area contributed by atoms with E-state index in [4.69, 9.17) is 4.42 Å². The second-order valence-corrected chi connectivity index (χ2v) is 7.76. The second-order valence-electron chi connectivity index (χ2n) is 5.81. The topological polar surface area (TPSA) is 78.5 Å². The van der Waals surface area contributed by atoms with Crippen molar-refractivity contribution in [3.8, 4) is 22.7 Å². The lowest BCUT2D eigenvalue weighted by Crippen LogP contribution is -2.18. The van der Waals surface area contributed by atoms with E-state index < -0.39 is 44.2 Å². The van der Waals surface area contributed by atoms with E-state index in [9.17, 15) is 35.2 Å². The zero-order chi connectivity index (χ0) is 21.6. The third-order valence-corrected chi connectivity index (χ3v) is 4.80. The quantitative estimate of drug-likeness (QED) is 0.585. The van der Waals surface area contributed by atoms with Gasteiger partial charge in [0.05, 0.1) is 11.4 Å². The van der Waals surface area contributed by atoms with Crippen LogP contribution in [0.25, 0.3) is 16.9 Å². The maximum Gasteiger partial charge on any atom is 0.573 e. The molecule has 6 nitrogen and oxygen atoms in total. The van der Waals surface area contributed by atoms with Gasteiger partial charge in [-0.2, -0.15) is 0 Å². The lowest BCUT2D eigenvalue weighted by molar-refractivity contribution is -0.274. The van der Waals surface area contributed by atoms with E-state index in [1.54, 1.807) is 0 Å². The Labute approximate surface area is 159 Å². The summed E-state index contributed by atoms with van der Waals surface area (Å²) in [5.41, 5.74) is -0.647. The minimum Gasteiger partial charge on any atom is -0.415 e. The molecule has 0 aliphatic rings. The second kappa shape index (κ2) is 7.03. The molecule has 12 heteroatoms. The molecular weight excluding hydrogens is 425 g/mol. The molecule has 0 radical (unpaired) electrons. The number of alkyl halides is 3. The van der Waals surface area contributed by atoms with E-state index in [-0.39, 0.29) is 16.9 Å². The summed E-state index contributed by atoms with van der Waals surface area (Å²) in [6.07, 6.45) is -3.53. The number of oxazole rings is 1. The Bertz CT molecular complexity index is 1220. The van der Waals surface area contributed by atoms with Crippen molar-refractivity contribution in [2.45, 2.75) is 11.3 Å². The Balaban J connectivity index is 2.16. The fourth-order valence-corrected chi connectivity index (χ4v) is 3.46. The number of halogens is 5. The van der Waals surface area contributed by atoms with Crippen LogP contribution >= 0.6 is 0 Å². The molecule has 3 rings (SSSR count). The van der Waals surface area contributed by atoms with Gasteiger partial charge < -0.3 is 9.15 Å². The van der Waals surface area contributed by atoms with Crippen LogP contribution in [0.1, 0.15) is 0 Å². The number of aromatic nitrogens is 1. The van der Waals surface area contributed by atoms with Crippen LogP contribution in [0.4, 0.5) is 22.0 Å². The molecule has 0 N–H and O–H groups in total. The molecule has 0 fully saturated rings. The van der Waals surface area contributed by atoms with Gasteiger partial charge in [0.1, 0.15) is 28.5 Å². The van der Waals surface area contributed by atoms with Crippen LogP contribution in [-0.4, -0.2) is 25.6 Å². The first kappa shape index (κ1) is 20.6. The van der Waals surface area contributed by atoms with Crippen molar-refractivity contribution in [3.63, 3.8) is 0 Å². The van der Waals surface area contributed by atoms with Crippen LogP contribution in [0.5, 0.6) is 5.75 Å². The molecule has 0 aliphatic carbocycles. The van der Waals surface area contributed by atoms with Crippen molar-refractivity contribution in [2.24, 2.45) is 0 Å². The van der Waals surface area contributed by atoms with Gasteiger partial charge in [0, 0.05) is 17.9 Å². The van der Waals surface area contributed by atoms with Crippen LogP contribution in [0.15, 0.2) is 56.8 Å². The predicted octanol–water partition coefficient (Wildman–Crippen LogP) is 3.68. The van der Waals surface area contributed by atoms with Crippen LogP contribution in [-0.2, 0) is 9.84 Å². The van der Waals surface area contributed by atoms with Crippen molar-refractivity contribution >= 4 is 9.84 Å². The summed E-state index contributed by atoms with van der Waals surface area (Å²) < 4.78 is 97.9. The van der Waals surface area contributed by atoms with Gasteiger partial charge in [-0.05, 0) is 24.3 Å². The maximum atomic E-state index is 14.2. The highest BCUT2D eigenvalue weighted by Gasteiger charge is 2.31. The highest BCUT2D eigenvalue weighted by atomic mass is 32.2. The highest BCUT2D eigenvalue weighted by molar-refractivity contribution is 7.90. The van der Waals surface area contributed by atoms with E-state index in [0.29, 0.717) is 18.4 Å². The first-order valence-electron chi connectivity index (χ1n) is 7.63. The van der Waals surface area contributed by atoms with Crippen LogP contribution in [0.3, 0.4) is 0 Å². The minimum absolute atomic E-state index is 0.145. The average Bonchev–Trinajstić information content (AvgIpc) is 2.93. The van der Waals surface area contributed by atoms with Crippen LogP contribution < -0.4 is 10.5 Å².